The van der Waals surface area contributed by atoms with Crippen LogP contribution in [-0.2, 0) is 4.79 Å². The molecule has 0 atom stereocenters. The van der Waals surface area contributed by atoms with Crippen LogP contribution < -0.4 is 10.6 Å². The van der Waals surface area contributed by atoms with Gasteiger partial charge >= 0.3 is 0 Å². The number of nitrogens with one attached hydrogen (secondary N) is 2. The summed E-state index contributed by atoms with van der Waals surface area (Å²) in [5.74, 6) is 0.550. The van der Waals surface area contributed by atoms with Crippen LogP contribution in [0.15, 0.2) is 71.1 Å². The number of anilines is 1. The zero-order valence-corrected chi connectivity index (χ0v) is 18.5. The van der Waals surface area contributed by atoms with Gasteiger partial charge in [-0.25, -0.2) is 0 Å². The fourth-order valence-corrected chi connectivity index (χ4v) is 3.90. The van der Waals surface area contributed by atoms with Gasteiger partial charge in [-0.15, -0.1) is 0 Å². The molecule has 170 valence electrons. The first-order valence-electron chi connectivity index (χ1n) is 11.1. The van der Waals surface area contributed by atoms with Crippen molar-refractivity contribution in [3.8, 4) is 11.3 Å². The van der Waals surface area contributed by atoms with Gasteiger partial charge < -0.3 is 15.1 Å². The molecule has 2 amide bonds. The molecule has 7 nitrogen and oxygen atoms in total. The Hall–Kier alpha value is -3.71. The van der Waals surface area contributed by atoms with Crippen molar-refractivity contribution in [1.29, 1.82) is 0 Å². The number of carbonyl (C=O) groups is 3. The van der Waals surface area contributed by atoms with Crippen LogP contribution in [0.1, 0.15) is 40.7 Å². The molecular weight excluding hydrogens is 418 g/mol. The van der Waals surface area contributed by atoms with E-state index in [1.54, 1.807) is 36.4 Å². The maximum Gasteiger partial charge on any atom is 0.287 e. The van der Waals surface area contributed by atoms with Crippen LogP contribution in [-0.4, -0.2) is 48.2 Å². The molecule has 1 fully saturated rings. The molecule has 1 aliphatic rings. The summed E-state index contributed by atoms with van der Waals surface area (Å²) in [7, 11) is 0. The topological polar surface area (TPSA) is 91.7 Å². The second-order valence-electron chi connectivity index (χ2n) is 8.24. The van der Waals surface area contributed by atoms with E-state index in [0.717, 1.165) is 37.2 Å². The van der Waals surface area contributed by atoms with Crippen LogP contribution in [0.2, 0.25) is 0 Å². The maximum atomic E-state index is 12.6. The molecule has 33 heavy (non-hydrogen) atoms. The lowest BCUT2D eigenvalue weighted by atomic mass is 10.0. The Morgan fingerprint density at radius 3 is 2.30 bits per heavy atom. The first-order valence-corrected chi connectivity index (χ1v) is 11.1. The molecule has 0 radical (unpaired) electrons. The molecule has 3 aromatic rings. The highest BCUT2D eigenvalue weighted by molar-refractivity contribution is 5.95. The van der Waals surface area contributed by atoms with E-state index in [1.165, 1.54) is 6.92 Å². The van der Waals surface area contributed by atoms with Gasteiger partial charge in [0.05, 0.1) is 6.54 Å². The van der Waals surface area contributed by atoms with Crippen LogP contribution in [0.5, 0.6) is 0 Å². The second-order valence-corrected chi connectivity index (χ2v) is 8.24. The van der Waals surface area contributed by atoms with E-state index in [-0.39, 0.29) is 29.4 Å². The van der Waals surface area contributed by atoms with Gasteiger partial charge in [-0.1, -0.05) is 42.5 Å². The Kier molecular flexibility index (Phi) is 7.00. The molecule has 1 saturated heterocycles. The van der Waals surface area contributed by atoms with Crippen molar-refractivity contribution < 1.29 is 18.8 Å². The Balaban J connectivity index is 1.25. The number of likely N-dealkylation sites (tertiary alicyclic amines) is 1. The zero-order valence-electron chi connectivity index (χ0n) is 18.5. The summed E-state index contributed by atoms with van der Waals surface area (Å²) in [6.07, 6.45) is 1.54. The average molecular weight is 446 g/mol. The van der Waals surface area contributed by atoms with Crippen LogP contribution in [0.4, 0.5) is 5.69 Å². The van der Waals surface area contributed by atoms with Gasteiger partial charge in [0.1, 0.15) is 5.76 Å². The summed E-state index contributed by atoms with van der Waals surface area (Å²) < 4.78 is 5.74. The van der Waals surface area contributed by atoms with Crippen molar-refractivity contribution in [3.63, 3.8) is 0 Å². The number of hydrogen-bond donors (Lipinski definition) is 2. The largest absolute Gasteiger partial charge is 0.451 e. The third-order valence-electron chi connectivity index (χ3n) is 5.75. The average Bonchev–Trinajstić information content (AvgIpc) is 3.32. The molecule has 0 bridgehead atoms. The number of carbonyl (C=O) groups excluding carboxylic acids is 3. The van der Waals surface area contributed by atoms with Crippen molar-refractivity contribution >= 4 is 23.3 Å². The number of Topliss-reactive ketones (excluding diaryl/α,β-unsaturated/α-hetero) is 1. The maximum absolute atomic E-state index is 12.6. The summed E-state index contributed by atoms with van der Waals surface area (Å²) in [6, 6.07) is 20.0. The fourth-order valence-electron chi connectivity index (χ4n) is 3.90. The number of hydrogen-bond acceptors (Lipinski definition) is 5. The number of benzene rings is 2. The molecule has 1 aliphatic heterocycles. The van der Waals surface area contributed by atoms with Gasteiger partial charge in [0.15, 0.2) is 11.5 Å². The number of para-hydroxylation sites is 1. The van der Waals surface area contributed by atoms with Crippen molar-refractivity contribution in [2.75, 3.05) is 25.0 Å². The van der Waals surface area contributed by atoms with Crippen molar-refractivity contribution in [3.05, 3.63) is 78.1 Å². The minimum absolute atomic E-state index is 0.00364. The molecular formula is C26H27N3O4. The summed E-state index contributed by atoms with van der Waals surface area (Å²) >= 11 is 0. The highest BCUT2D eigenvalue weighted by Crippen LogP contribution is 2.23. The SMILES string of the molecule is CC(=O)c1ccc(-c2ccc(C(=O)NC3CCN(CC(=O)Nc4ccccc4)CC3)o2)cc1. The lowest BCUT2D eigenvalue weighted by Crippen LogP contribution is -2.46. The quantitative estimate of drug-likeness (QED) is 0.537. The normalized spacial score (nSPS) is 14.6. The van der Waals surface area contributed by atoms with Gasteiger partial charge in [-0.2, -0.15) is 0 Å². The third kappa shape index (κ3) is 5.96. The summed E-state index contributed by atoms with van der Waals surface area (Å²) in [4.78, 5) is 38.4. The number of nitrogens with zero attached hydrogens (tertiary/aromatic N) is 1. The second kappa shape index (κ2) is 10.3. The molecule has 2 aromatic carbocycles. The van der Waals surface area contributed by atoms with Crippen molar-refractivity contribution in [1.82, 2.24) is 10.2 Å². The minimum Gasteiger partial charge on any atom is -0.451 e. The lowest BCUT2D eigenvalue weighted by molar-refractivity contribution is -0.117. The van der Waals surface area contributed by atoms with E-state index in [2.05, 4.69) is 15.5 Å². The van der Waals surface area contributed by atoms with Crippen LogP contribution in [0.25, 0.3) is 11.3 Å². The van der Waals surface area contributed by atoms with E-state index in [4.69, 9.17) is 4.42 Å². The molecule has 0 unspecified atom stereocenters. The molecule has 0 spiro atoms. The molecule has 0 saturated carbocycles. The minimum atomic E-state index is -0.248. The summed E-state index contributed by atoms with van der Waals surface area (Å²) in [5, 5.41) is 5.93. The number of rotatable bonds is 7. The molecule has 4 rings (SSSR count). The van der Waals surface area contributed by atoms with Gasteiger partial charge in [-0.05, 0) is 44.0 Å². The van der Waals surface area contributed by atoms with Gasteiger partial charge in [0.2, 0.25) is 5.91 Å². The van der Waals surface area contributed by atoms with E-state index >= 15 is 0 Å². The van der Waals surface area contributed by atoms with Crippen LogP contribution in [0.3, 0.4) is 0 Å². The fraction of sp³-hybridized carbons (Fsp3) is 0.269. The van der Waals surface area contributed by atoms with Crippen molar-refractivity contribution in [2.24, 2.45) is 0 Å². The van der Waals surface area contributed by atoms with Crippen LogP contribution >= 0.6 is 0 Å². The number of piperidine rings is 1. The predicted octanol–water partition coefficient (Wildman–Crippen LogP) is 3.98. The highest BCUT2D eigenvalue weighted by atomic mass is 16.3. The molecule has 2 N–H and O–H groups in total. The molecule has 7 heteroatoms. The van der Waals surface area contributed by atoms with Crippen molar-refractivity contribution in [2.45, 2.75) is 25.8 Å². The predicted molar refractivity (Wildman–Crippen MR) is 126 cm³/mol. The van der Waals surface area contributed by atoms with E-state index in [9.17, 15) is 14.4 Å². The number of furan rings is 1. The molecule has 1 aromatic heterocycles. The Labute approximate surface area is 192 Å². The first kappa shape index (κ1) is 22.5. The standard InChI is InChI=1S/C26H27N3O4/c1-18(30)19-7-9-20(10-8-19)23-11-12-24(33-23)26(32)28-22-13-15-29(16-14-22)17-25(31)27-21-5-3-2-4-6-21/h2-12,22H,13-17H2,1H3,(H,27,31)(H,28,32). The monoisotopic (exact) mass is 445 g/mol. The number of amides is 2. The van der Waals surface area contributed by atoms with E-state index in [1.807, 2.05) is 30.3 Å². The first-order chi connectivity index (χ1) is 16.0. The summed E-state index contributed by atoms with van der Waals surface area (Å²) in [6.45, 7) is 3.33. The Bertz CT molecular complexity index is 1110. The highest BCUT2D eigenvalue weighted by Gasteiger charge is 2.23. The smallest absolute Gasteiger partial charge is 0.287 e. The molecule has 2 heterocycles. The van der Waals surface area contributed by atoms with Gasteiger partial charge in [0.25, 0.3) is 5.91 Å². The van der Waals surface area contributed by atoms with Crippen LogP contribution in [0, 0.1) is 0 Å². The lowest BCUT2D eigenvalue weighted by Gasteiger charge is -2.31. The Morgan fingerprint density at radius 2 is 1.64 bits per heavy atom. The van der Waals surface area contributed by atoms with E-state index < -0.39 is 0 Å². The van der Waals surface area contributed by atoms with E-state index in [0.29, 0.717) is 17.9 Å². The number of ketones is 1. The Morgan fingerprint density at radius 1 is 0.939 bits per heavy atom. The summed E-state index contributed by atoms with van der Waals surface area (Å²) in [5.41, 5.74) is 2.23. The molecule has 0 aliphatic carbocycles. The third-order valence-corrected chi connectivity index (χ3v) is 5.75. The zero-order chi connectivity index (χ0) is 23.2. The van der Waals surface area contributed by atoms with Gasteiger partial charge in [-0.3, -0.25) is 19.3 Å². The van der Waals surface area contributed by atoms with Gasteiger partial charge in [0, 0.05) is 35.9 Å².